The third-order valence-electron chi connectivity index (χ3n) is 4.51. The summed E-state index contributed by atoms with van der Waals surface area (Å²) in [4.78, 5) is 14.6. The molecule has 0 spiro atoms. The fraction of sp³-hybridized carbons (Fsp3) is 0.933. The summed E-state index contributed by atoms with van der Waals surface area (Å²) in [7, 11) is 0. The fourth-order valence-corrected chi connectivity index (χ4v) is 3.00. The second kappa shape index (κ2) is 7.13. The van der Waals surface area contributed by atoms with E-state index in [0.717, 1.165) is 32.0 Å². The van der Waals surface area contributed by atoms with Crippen molar-refractivity contribution in [2.24, 2.45) is 5.92 Å². The van der Waals surface area contributed by atoms with E-state index in [-0.39, 0.29) is 6.04 Å². The van der Waals surface area contributed by atoms with Crippen LogP contribution in [-0.2, 0) is 4.79 Å². The molecule has 3 heteroatoms. The lowest BCUT2D eigenvalue weighted by Gasteiger charge is -2.34. The quantitative estimate of drug-likeness (QED) is 0.834. The van der Waals surface area contributed by atoms with Crippen LogP contribution in [0.3, 0.4) is 0 Å². The maximum Gasteiger partial charge on any atom is 0.239 e. The predicted octanol–water partition coefficient (Wildman–Crippen LogP) is 2.56. The van der Waals surface area contributed by atoms with Crippen LogP contribution in [0.4, 0.5) is 0 Å². The maximum absolute atomic E-state index is 12.5. The van der Waals surface area contributed by atoms with Crippen LogP contribution in [0.5, 0.6) is 0 Å². The van der Waals surface area contributed by atoms with E-state index in [2.05, 4.69) is 17.1 Å². The van der Waals surface area contributed by atoms with Crippen LogP contribution in [0.2, 0.25) is 0 Å². The molecule has 0 radical (unpaired) electrons. The van der Waals surface area contributed by atoms with Gasteiger partial charge in [0.05, 0.1) is 6.04 Å². The number of hydrogen-bond donors (Lipinski definition) is 1. The number of amides is 1. The minimum Gasteiger partial charge on any atom is -0.341 e. The van der Waals surface area contributed by atoms with Crippen molar-refractivity contribution in [3.8, 4) is 0 Å². The van der Waals surface area contributed by atoms with Gasteiger partial charge in [-0.3, -0.25) is 4.79 Å². The molecule has 2 fully saturated rings. The lowest BCUT2D eigenvalue weighted by atomic mass is 9.85. The van der Waals surface area contributed by atoms with E-state index in [0.29, 0.717) is 5.91 Å². The van der Waals surface area contributed by atoms with E-state index >= 15 is 0 Å². The average Bonchev–Trinajstić information content (AvgIpc) is 2.26. The summed E-state index contributed by atoms with van der Waals surface area (Å²) in [5.74, 6) is 1.13. The lowest BCUT2D eigenvalue weighted by Crippen LogP contribution is -2.49. The predicted molar refractivity (Wildman–Crippen MR) is 74.5 cm³/mol. The van der Waals surface area contributed by atoms with Crippen molar-refractivity contribution in [2.75, 3.05) is 19.6 Å². The van der Waals surface area contributed by atoms with Gasteiger partial charge in [0.25, 0.3) is 0 Å². The highest BCUT2D eigenvalue weighted by Crippen LogP contribution is 2.27. The molecule has 2 aliphatic rings. The highest BCUT2D eigenvalue weighted by molar-refractivity contribution is 5.81. The number of likely N-dealkylation sites (N-methyl/N-ethyl adjacent to an activating group) is 1. The van der Waals surface area contributed by atoms with E-state index in [1.807, 2.05) is 0 Å². The van der Waals surface area contributed by atoms with Crippen molar-refractivity contribution in [1.29, 1.82) is 0 Å². The van der Waals surface area contributed by atoms with Gasteiger partial charge >= 0.3 is 0 Å². The first-order valence-electron chi connectivity index (χ1n) is 7.83. The number of carbonyl (C=O) groups is 1. The highest BCUT2D eigenvalue weighted by atomic mass is 16.2. The Balaban J connectivity index is 1.84. The van der Waals surface area contributed by atoms with Crippen molar-refractivity contribution in [3.05, 3.63) is 0 Å². The van der Waals surface area contributed by atoms with Crippen LogP contribution in [-0.4, -0.2) is 36.5 Å². The molecule has 1 aliphatic heterocycles. The largest absolute Gasteiger partial charge is 0.341 e. The summed E-state index contributed by atoms with van der Waals surface area (Å²) < 4.78 is 0. The van der Waals surface area contributed by atoms with E-state index < -0.39 is 0 Å². The molecule has 1 N–H and O–H groups in total. The number of nitrogens with one attached hydrogen (secondary N) is 1. The Bertz CT molecular complexity index is 251. The van der Waals surface area contributed by atoms with Gasteiger partial charge < -0.3 is 10.2 Å². The number of hydrogen-bond acceptors (Lipinski definition) is 2. The topological polar surface area (TPSA) is 32.3 Å². The minimum absolute atomic E-state index is 0.0883. The summed E-state index contributed by atoms with van der Waals surface area (Å²) in [5.41, 5.74) is 0. The van der Waals surface area contributed by atoms with Gasteiger partial charge in [0.1, 0.15) is 0 Å². The Morgan fingerprint density at radius 3 is 2.56 bits per heavy atom. The summed E-state index contributed by atoms with van der Waals surface area (Å²) in [6.45, 7) is 4.98. The van der Waals surface area contributed by atoms with Gasteiger partial charge in [0, 0.05) is 13.1 Å². The molecule has 1 saturated heterocycles. The normalized spacial score (nSPS) is 25.9. The van der Waals surface area contributed by atoms with Gasteiger partial charge in [-0.15, -0.1) is 0 Å². The summed E-state index contributed by atoms with van der Waals surface area (Å²) in [6.07, 6.45) is 10.1. The molecule has 1 atom stereocenters. The van der Waals surface area contributed by atoms with Crippen LogP contribution in [0.1, 0.15) is 58.3 Å². The number of nitrogens with zero attached hydrogens (tertiary/aromatic N) is 1. The monoisotopic (exact) mass is 252 g/mol. The van der Waals surface area contributed by atoms with Crippen LogP contribution < -0.4 is 5.32 Å². The minimum atomic E-state index is 0.0883. The second-order valence-electron chi connectivity index (χ2n) is 5.88. The smallest absolute Gasteiger partial charge is 0.239 e. The highest BCUT2D eigenvalue weighted by Gasteiger charge is 2.27. The molecule has 0 aromatic rings. The fourth-order valence-electron chi connectivity index (χ4n) is 3.00. The van der Waals surface area contributed by atoms with Crippen molar-refractivity contribution >= 4 is 5.91 Å². The molecule has 1 amide bonds. The lowest BCUT2D eigenvalue weighted by molar-refractivity contribution is -0.134. The first-order chi connectivity index (χ1) is 8.81. The van der Waals surface area contributed by atoms with E-state index in [1.165, 1.54) is 44.9 Å². The van der Waals surface area contributed by atoms with Gasteiger partial charge in [0.15, 0.2) is 0 Å². The molecule has 2 rings (SSSR count). The Labute approximate surface area is 111 Å². The molecule has 0 aromatic heterocycles. The molecule has 104 valence electrons. The number of carbonyl (C=O) groups excluding carboxylic acids is 1. The zero-order valence-electron chi connectivity index (χ0n) is 11.8. The van der Waals surface area contributed by atoms with Crippen LogP contribution in [0, 0.1) is 5.92 Å². The van der Waals surface area contributed by atoms with Crippen molar-refractivity contribution in [3.63, 3.8) is 0 Å². The van der Waals surface area contributed by atoms with E-state index in [9.17, 15) is 4.79 Å². The van der Waals surface area contributed by atoms with E-state index in [1.54, 1.807) is 0 Å². The van der Waals surface area contributed by atoms with Gasteiger partial charge in [-0.2, -0.15) is 0 Å². The third kappa shape index (κ3) is 3.71. The summed E-state index contributed by atoms with van der Waals surface area (Å²) >= 11 is 0. The summed E-state index contributed by atoms with van der Waals surface area (Å²) in [6, 6.07) is 0.0883. The van der Waals surface area contributed by atoms with Crippen LogP contribution >= 0.6 is 0 Å². The molecule has 0 bridgehead atoms. The molecular weight excluding hydrogens is 224 g/mol. The number of rotatable bonds is 4. The molecule has 18 heavy (non-hydrogen) atoms. The Hall–Kier alpha value is -0.570. The van der Waals surface area contributed by atoms with Crippen LogP contribution in [0.15, 0.2) is 0 Å². The molecule has 1 saturated carbocycles. The third-order valence-corrected chi connectivity index (χ3v) is 4.51. The molecule has 1 aliphatic carbocycles. The van der Waals surface area contributed by atoms with Gasteiger partial charge in [0.2, 0.25) is 5.91 Å². The van der Waals surface area contributed by atoms with Gasteiger partial charge in [-0.05, 0) is 45.1 Å². The Morgan fingerprint density at radius 1 is 1.11 bits per heavy atom. The average molecular weight is 252 g/mol. The molecule has 3 nitrogen and oxygen atoms in total. The maximum atomic E-state index is 12.5. The standard InChI is InChI=1S/C15H28N2O/c1-2-17(12-13-8-7-9-13)15(18)14-10-5-3-4-6-11-16-14/h13-14,16H,2-12H2,1H3. The SMILES string of the molecule is CCN(CC1CCC1)C(=O)C1CCCCCCN1. The second-order valence-corrected chi connectivity index (χ2v) is 5.88. The summed E-state index contributed by atoms with van der Waals surface area (Å²) in [5, 5.41) is 3.45. The van der Waals surface area contributed by atoms with Gasteiger partial charge in [-0.25, -0.2) is 0 Å². The molecule has 0 aromatic carbocycles. The Kier molecular flexibility index (Phi) is 5.48. The van der Waals surface area contributed by atoms with Gasteiger partial charge in [-0.1, -0.05) is 25.7 Å². The first-order valence-corrected chi connectivity index (χ1v) is 7.83. The van der Waals surface area contributed by atoms with Crippen LogP contribution in [0.25, 0.3) is 0 Å². The first kappa shape index (κ1) is 13.9. The zero-order valence-corrected chi connectivity index (χ0v) is 11.8. The van der Waals surface area contributed by atoms with Crippen molar-refractivity contribution in [2.45, 2.75) is 64.3 Å². The molecule has 1 heterocycles. The zero-order chi connectivity index (χ0) is 12.8. The van der Waals surface area contributed by atoms with Crippen molar-refractivity contribution < 1.29 is 4.79 Å². The molecule has 1 unspecified atom stereocenters. The van der Waals surface area contributed by atoms with E-state index in [4.69, 9.17) is 0 Å². The Morgan fingerprint density at radius 2 is 1.89 bits per heavy atom. The van der Waals surface area contributed by atoms with Crippen molar-refractivity contribution in [1.82, 2.24) is 10.2 Å². The molecular formula is C15H28N2O.